The second-order valence-corrected chi connectivity index (χ2v) is 4.34. The number of hydrogen-bond donors (Lipinski definition) is 2. The van der Waals surface area contributed by atoms with Crippen LogP contribution in [0.1, 0.15) is 5.01 Å². The van der Waals surface area contributed by atoms with E-state index in [1.165, 1.54) is 11.3 Å². The Balaban J connectivity index is 0.00000128. The van der Waals surface area contributed by atoms with E-state index < -0.39 is 12.0 Å². The minimum Gasteiger partial charge on any atom is -0.480 e. The van der Waals surface area contributed by atoms with Gasteiger partial charge in [0.2, 0.25) is 0 Å². The van der Waals surface area contributed by atoms with Crippen LogP contribution in [-0.2, 0) is 11.2 Å². The molecule has 0 amide bonds. The highest BCUT2D eigenvalue weighted by Crippen LogP contribution is 2.22. The van der Waals surface area contributed by atoms with Crippen molar-refractivity contribution in [2.75, 3.05) is 0 Å². The first kappa shape index (κ1) is 13.1. The molecule has 0 aliphatic heterocycles. The van der Waals surface area contributed by atoms with E-state index in [1.54, 1.807) is 0 Å². The van der Waals surface area contributed by atoms with E-state index in [1.807, 2.05) is 24.3 Å². The van der Waals surface area contributed by atoms with E-state index in [2.05, 4.69) is 4.98 Å². The molecule has 2 aromatic rings. The number of carboxylic acid groups (broad SMARTS) is 1. The maximum atomic E-state index is 10.6. The lowest BCUT2D eigenvalue weighted by atomic mass is 10.2. The molecule has 4 nitrogen and oxygen atoms in total. The van der Waals surface area contributed by atoms with E-state index in [4.69, 9.17) is 10.8 Å². The lowest BCUT2D eigenvalue weighted by molar-refractivity contribution is -0.138. The molecule has 0 fully saturated rings. The van der Waals surface area contributed by atoms with E-state index in [9.17, 15) is 4.79 Å². The zero-order chi connectivity index (χ0) is 10.8. The van der Waals surface area contributed by atoms with Crippen LogP contribution < -0.4 is 5.73 Å². The van der Waals surface area contributed by atoms with Crippen molar-refractivity contribution in [3.63, 3.8) is 0 Å². The quantitative estimate of drug-likeness (QED) is 0.907. The summed E-state index contributed by atoms with van der Waals surface area (Å²) >= 11 is 1.49. The molecule has 0 saturated carbocycles. The summed E-state index contributed by atoms with van der Waals surface area (Å²) in [5.74, 6) is -0.991. The van der Waals surface area contributed by atoms with Gasteiger partial charge in [-0.05, 0) is 12.1 Å². The smallest absolute Gasteiger partial charge is 0.320 e. The minimum atomic E-state index is -0.991. The van der Waals surface area contributed by atoms with Crippen molar-refractivity contribution in [1.82, 2.24) is 4.98 Å². The second-order valence-electron chi connectivity index (χ2n) is 3.22. The average Bonchev–Trinajstić information content (AvgIpc) is 2.59. The third-order valence-corrected chi connectivity index (χ3v) is 3.11. The SMILES string of the molecule is Br.N[C@@H](Cc1nc2ccccc2s1)C(=O)O. The standard InChI is InChI=1S/C10H10N2O2S.BrH/c11-6(10(13)14)5-9-12-7-3-1-2-4-8(7)15-9;/h1-4,6H,5,11H2,(H,13,14);1H/t6-;/m0./s1. The molecule has 3 N–H and O–H groups in total. The fourth-order valence-electron chi connectivity index (χ4n) is 1.28. The Hall–Kier alpha value is -0.980. The Kier molecular flexibility index (Phi) is 4.40. The Morgan fingerprint density at radius 3 is 2.81 bits per heavy atom. The van der Waals surface area contributed by atoms with Crippen LogP contribution in [0.3, 0.4) is 0 Å². The predicted octanol–water partition coefficient (Wildman–Crippen LogP) is 1.83. The third-order valence-electron chi connectivity index (χ3n) is 2.05. The summed E-state index contributed by atoms with van der Waals surface area (Å²) in [7, 11) is 0. The maximum Gasteiger partial charge on any atom is 0.320 e. The summed E-state index contributed by atoms with van der Waals surface area (Å²) in [6.45, 7) is 0. The summed E-state index contributed by atoms with van der Waals surface area (Å²) < 4.78 is 1.06. The van der Waals surface area contributed by atoms with Gasteiger partial charge in [-0.25, -0.2) is 4.98 Å². The van der Waals surface area contributed by atoms with Gasteiger partial charge in [-0.15, -0.1) is 28.3 Å². The molecule has 0 bridgehead atoms. The molecule has 1 heterocycles. The number of aromatic nitrogens is 1. The number of benzene rings is 1. The van der Waals surface area contributed by atoms with Crippen molar-refractivity contribution < 1.29 is 9.90 Å². The third kappa shape index (κ3) is 2.78. The zero-order valence-corrected chi connectivity index (χ0v) is 10.8. The first-order valence-corrected chi connectivity index (χ1v) is 5.31. The van der Waals surface area contributed by atoms with Gasteiger partial charge < -0.3 is 10.8 Å². The number of nitrogens with zero attached hydrogens (tertiary/aromatic N) is 1. The number of fused-ring (bicyclic) bond motifs is 1. The van der Waals surface area contributed by atoms with Crippen molar-refractivity contribution in [2.45, 2.75) is 12.5 Å². The number of aliphatic carboxylic acids is 1. The normalized spacial score (nSPS) is 12.1. The van der Waals surface area contributed by atoms with Crippen molar-refractivity contribution in [3.05, 3.63) is 29.3 Å². The summed E-state index contributed by atoms with van der Waals surface area (Å²) in [5.41, 5.74) is 6.34. The van der Waals surface area contributed by atoms with Gasteiger partial charge in [0.15, 0.2) is 0 Å². The Morgan fingerprint density at radius 1 is 1.50 bits per heavy atom. The van der Waals surface area contributed by atoms with E-state index >= 15 is 0 Å². The first-order valence-electron chi connectivity index (χ1n) is 4.49. The molecule has 86 valence electrons. The Bertz CT molecular complexity index is 467. The van der Waals surface area contributed by atoms with Gasteiger partial charge >= 0.3 is 5.97 Å². The van der Waals surface area contributed by atoms with Crippen LogP contribution in [0.2, 0.25) is 0 Å². The van der Waals surface area contributed by atoms with Gasteiger partial charge in [0.05, 0.1) is 15.2 Å². The zero-order valence-electron chi connectivity index (χ0n) is 8.29. The molecule has 1 aromatic carbocycles. The first-order chi connectivity index (χ1) is 7.16. The largest absolute Gasteiger partial charge is 0.480 e. The van der Waals surface area contributed by atoms with Crippen molar-refractivity contribution >= 4 is 44.5 Å². The fraction of sp³-hybridized carbons (Fsp3) is 0.200. The number of hydrogen-bond acceptors (Lipinski definition) is 4. The molecule has 0 radical (unpaired) electrons. The molecule has 1 atom stereocenters. The number of carbonyl (C=O) groups is 1. The number of thiazole rings is 1. The number of para-hydroxylation sites is 1. The number of nitrogens with two attached hydrogens (primary N) is 1. The number of carboxylic acids is 1. The molecule has 0 saturated heterocycles. The Labute approximate surface area is 107 Å². The van der Waals surface area contributed by atoms with Crippen LogP contribution in [0.15, 0.2) is 24.3 Å². The van der Waals surface area contributed by atoms with Gasteiger partial charge in [0.1, 0.15) is 6.04 Å². The maximum absolute atomic E-state index is 10.6. The van der Waals surface area contributed by atoms with Crippen LogP contribution in [0.5, 0.6) is 0 Å². The van der Waals surface area contributed by atoms with E-state index in [-0.39, 0.29) is 23.4 Å². The van der Waals surface area contributed by atoms with Crippen molar-refractivity contribution in [1.29, 1.82) is 0 Å². The summed E-state index contributed by atoms with van der Waals surface area (Å²) in [6, 6.07) is 6.83. The lowest BCUT2D eigenvalue weighted by Crippen LogP contribution is -2.32. The van der Waals surface area contributed by atoms with Crippen molar-refractivity contribution in [2.24, 2.45) is 5.73 Å². The minimum absolute atomic E-state index is 0. The van der Waals surface area contributed by atoms with Crippen LogP contribution in [0, 0.1) is 0 Å². The van der Waals surface area contributed by atoms with Gasteiger partial charge in [0.25, 0.3) is 0 Å². The summed E-state index contributed by atoms with van der Waals surface area (Å²) in [6.07, 6.45) is 0.286. The summed E-state index contributed by atoms with van der Waals surface area (Å²) in [4.78, 5) is 14.9. The number of rotatable bonds is 3. The van der Waals surface area contributed by atoms with Gasteiger partial charge in [-0.2, -0.15) is 0 Å². The molecular formula is C10H11BrN2O2S. The Morgan fingerprint density at radius 2 is 2.19 bits per heavy atom. The fourth-order valence-corrected chi connectivity index (χ4v) is 2.31. The second kappa shape index (κ2) is 5.38. The van der Waals surface area contributed by atoms with Crippen LogP contribution in [0.25, 0.3) is 10.2 Å². The monoisotopic (exact) mass is 302 g/mol. The van der Waals surface area contributed by atoms with Crippen molar-refractivity contribution in [3.8, 4) is 0 Å². The number of halogens is 1. The lowest BCUT2D eigenvalue weighted by Gasteiger charge is -2.01. The molecule has 1 aromatic heterocycles. The van der Waals surface area contributed by atoms with Crippen LogP contribution in [-0.4, -0.2) is 22.1 Å². The topological polar surface area (TPSA) is 76.2 Å². The van der Waals surface area contributed by atoms with Gasteiger partial charge in [-0.3, -0.25) is 4.79 Å². The molecule has 6 heteroatoms. The highest BCUT2D eigenvalue weighted by molar-refractivity contribution is 8.93. The molecule has 0 spiro atoms. The molecule has 16 heavy (non-hydrogen) atoms. The van der Waals surface area contributed by atoms with Gasteiger partial charge in [-0.1, -0.05) is 12.1 Å². The highest BCUT2D eigenvalue weighted by atomic mass is 79.9. The molecule has 0 aliphatic carbocycles. The van der Waals surface area contributed by atoms with E-state index in [0.717, 1.165) is 15.2 Å². The van der Waals surface area contributed by atoms with Crippen LogP contribution >= 0.6 is 28.3 Å². The molecule has 0 unspecified atom stereocenters. The molecular weight excluding hydrogens is 292 g/mol. The highest BCUT2D eigenvalue weighted by Gasteiger charge is 2.14. The molecule has 2 rings (SSSR count). The van der Waals surface area contributed by atoms with Crippen LogP contribution in [0.4, 0.5) is 0 Å². The predicted molar refractivity (Wildman–Crippen MR) is 69.3 cm³/mol. The average molecular weight is 303 g/mol. The van der Waals surface area contributed by atoms with Gasteiger partial charge in [0, 0.05) is 6.42 Å². The molecule has 0 aliphatic rings. The van der Waals surface area contributed by atoms with E-state index in [0.29, 0.717) is 0 Å². The summed E-state index contributed by atoms with van der Waals surface area (Å²) in [5, 5.41) is 9.44.